The largest absolute Gasteiger partial charge is 0.494 e. The molecular weight excluding hydrogens is 350 g/mol. The Morgan fingerprint density at radius 2 is 1.74 bits per heavy atom. The van der Waals surface area contributed by atoms with Crippen molar-refractivity contribution in [3.8, 4) is 5.75 Å². The molecule has 0 saturated heterocycles. The molecule has 2 aromatic carbocycles. The number of benzene rings is 2. The van der Waals surface area contributed by atoms with Crippen LogP contribution in [-0.2, 0) is 9.53 Å². The smallest absolute Gasteiger partial charge is 0.331 e. The maximum atomic E-state index is 12.3. The van der Waals surface area contributed by atoms with E-state index < -0.39 is 17.0 Å². The maximum Gasteiger partial charge on any atom is 0.331 e. The third-order valence-corrected chi connectivity index (χ3v) is 3.63. The van der Waals surface area contributed by atoms with Crippen LogP contribution in [0.5, 0.6) is 5.75 Å². The summed E-state index contributed by atoms with van der Waals surface area (Å²) >= 11 is 0. The monoisotopic (exact) mass is 369 g/mol. The Morgan fingerprint density at radius 1 is 1.11 bits per heavy atom. The van der Waals surface area contributed by atoms with Crippen molar-refractivity contribution in [2.75, 3.05) is 6.61 Å². The normalized spacial score (nSPS) is 11.8. The van der Waals surface area contributed by atoms with Gasteiger partial charge in [-0.3, -0.25) is 14.9 Å². The number of hydrogen-bond donors (Lipinski definition) is 0. The van der Waals surface area contributed by atoms with E-state index in [0.29, 0.717) is 23.5 Å². The number of nitro benzene ring substituents is 1. The van der Waals surface area contributed by atoms with Crippen molar-refractivity contribution in [2.45, 2.75) is 20.0 Å². The van der Waals surface area contributed by atoms with E-state index in [2.05, 4.69) is 0 Å². The Morgan fingerprint density at radius 3 is 2.30 bits per heavy atom. The quantitative estimate of drug-likeness (QED) is 0.231. The summed E-state index contributed by atoms with van der Waals surface area (Å²) in [7, 11) is 0. The molecule has 0 aliphatic rings. The van der Waals surface area contributed by atoms with Crippen molar-refractivity contribution in [1.29, 1.82) is 0 Å². The zero-order chi connectivity index (χ0) is 19.8. The lowest BCUT2D eigenvalue weighted by atomic mass is 10.1. The van der Waals surface area contributed by atoms with Crippen LogP contribution in [0.25, 0.3) is 6.08 Å². The van der Waals surface area contributed by atoms with Crippen molar-refractivity contribution >= 4 is 23.5 Å². The second kappa shape index (κ2) is 9.28. The van der Waals surface area contributed by atoms with Crippen LogP contribution in [0.4, 0.5) is 5.69 Å². The molecule has 0 bridgehead atoms. The fourth-order valence-corrected chi connectivity index (χ4v) is 2.26. The first-order chi connectivity index (χ1) is 12.9. The Bertz CT molecular complexity index is 840. The van der Waals surface area contributed by atoms with Crippen molar-refractivity contribution in [1.82, 2.24) is 0 Å². The number of non-ortho nitro benzene ring substituents is 1. The van der Waals surface area contributed by atoms with Crippen LogP contribution in [-0.4, -0.2) is 29.4 Å². The molecular formula is C20H19NO6. The van der Waals surface area contributed by atoms with Crippen molar-refractivity contribution in [3.05, 3.63) is 75.8 Å². The standard InChI is InChI=1S/C20H19NO6/c1-3-26-18-11-7-16(8-12-18)20(23)14(2)27-19(22)13-6-15-4-9-17(10-5-15)21(24)25/h4-14H,3H2,1-2H3/b13-6+/t14-/m0/s1. The molecule has 2 rings (SSSR count). The molecule has 0 spiro atoms. The summed E-state index contributed by atoms with van der Waals surface area (Å²) in [5.41, 5.74) is 0.977. The molecule has 0 N–H and O–H groups in total. The first-order valence-corrected chi connectivity index (χ1v) is 8.31. The third-order valence-electron chi connectivity index (χ3n) is 3.63. The number of nitro groups is 1. The highest BCUT2D eigenvalue weighted by Gasteiger charge is 2.18. The third kappa shape index (κ3) is 5.78. The minimum atomic E-state index is -0.947. The molecule has 0 saturated carbocycles. The first kappa shape index (κ1) is 19.8. The van der Waals surface area contributed by atoms with Crippen LogP contribution in [0.2, 0.25) is 0 Å². The molecule has 0 radical (unpaired) electrons. The Kier molecular flexibility index (Phi) is 6.82. The summed E-state index contributed by atoms with van der Waals surface area (Å²) in [6.45, 7) is 3.89. The minimum absolute atomic E-state index is 0.0377. The van der Waals surface area contributed by atoms with Crippen molar-refractivity contribution in [2.24, 2.45) is 0 Å². The predicted octanol–water partition coefficient (Wildman–Crippen LogP) is 3.82. The van der Waals surface area contributed by atoms with Crippen LogP contribution in [0, 0.1) is 10.1 Å². The maximum absolute atomic E-state index is 12.3. The van der Waals surface area contributed by atoms with Crippen LogP contribution in [0.3, 0.4) is 0 Å². The van der Waals surface area contributed by atoms with Gasteiger partial charge < -0.3 is 9.47 Å². The van der Waals surface area contributed by atoms with Gasteiger partial charge in [-0.2, -0.15) is 0 Å². The van der Waals surface area contributed by atoms with Gasteiger partial charge >= 0.3 is 5.97 Å². The van der Waals surface area contributed by atoms with Crippen molar-refractivity contribution < 1.29 is 24.0 Å². The Labute approximate surface area is 156 Å². The topological polar surface area (TPSA) is 95.7 Å². The average molecular weight is 369 g/mol. The number of ether oxygens (including phenoxy) is 2. The zero-order valence-electron chi connectivity index (χ0n) is 15.0. The number of rotatable bonds is 8. The van der Waals surface area contributed by atoms with E-state index in [1.165, 1.54) is 43.3 Å². The highest BCUT2D eigenvalue weighted by atomic mass is 16.6. The molecule has 140 valence electrons. The molecule has 27 heavy (non-hydrogen) atoms. The molecule has 0 amide bonds. The van der Waals surface area contributed by atoms with E-state index in [-0.39, 0.29) is 11.5 Å². The summed E-state index contributed by atoms with van der Waals surface area (Å²) in [5.74, 6) is -0.347. The number of nitrogens with zero attached hydrogens (tertiary/aromatic N) is 1. The van der Waals surface area contributed by atoms with Gasteiger partial charge in [0.05, 0.1) is 11.5 Å². The summed E-state index contributed by atoms with van der Waals surface area (Å²) in [4.78, 5) is 34.3. The lowest BCUT2D eigenvalue weighted by Gasteiger charge is -2.11. The van der Waals surface area contributed by atoms with Gasteiger partial charge in [-0.15, -0.1) is 0 Å². The van der Waals surface area contributed by atoms with E-state index in [0.717, 1.165) is 0 Å². The SMILES string of the molecule is CCOc1ccc(C(=O)[C@H](C)OC(=O)/C=C/c2ccc([N+](=O)[O-])cc2)cc1. The van der Waals surface area contributed by atoms with Gasteiger partial charge in [0.25, 0.3) is 5.69 Å². The molecule has 0 fully saturated rings. The number of esters is 1. The molecule has 0 aliphatic carbocycles. The van der Waals surface area contributed by atoms with E-state index in [9.17, 15) is 19.7 Å². The van der Waals surface area contributed by atoms with Crippen LogP contribution < -0.4 is 4.74 Å². The summed E-state index contributed by atoms with van der Waals surface area (Å²) < 4.78 is 10.4. The highest BCUT2D eigenvalue weighted by Crippen LogP contribution is 2.15. The predicted molar refractivity (Wildman–Crippen MR) is 99.6 cm³/mol. The lowest BCUT2D eigenvalue weighted by molar-refractivity contribution is -0.384. The Hall–Kier alpha value is -3.48. The molecule has 0 unspecified atom stereocenters. The Balaban J connectivity index is 1.93. The molecule has 2 aromatic rings. The van der Waals surface area contributed by atoms with Gasteiger partial charge in [-0.1, -0.05) is 0 Å². The van der Waals surface area contributed by atoms with E-state index >= 15 is 0 Å². The van der Waals surface area contributed by atoms with Crippen LogP contribution >= 0.6 is 0 Å². The number of hydrogen-bond acceptors (Lipinski definition) is 6. The van der Waals surface area contributed by atoms with Gasteiger partial charge in [0, 0.05) is 23.8 Å². The van der Waals surface area contributed by atoms with Gasteiger partial charge in [0.15, 0.2) is 6.10 Å². The van der Waals surface area contributed by atoms with Crippen molar-refractivity contribution in [3.63, 3.8) is 0 Å². The minimum Gasteiger partial charge on any atom is -0.494 e. The fourth-order valence-electron chi connectivity index (χ4n) is 2.26. The summed E-state index contributed by atoms with van der Waals surface area (Å²) in [6.07, 6.45) is 1.68. The molecule has 0 heterocycles. The fraction of sp³-hybridized carbons (Fsp3) is 0.200. The van der Waals surface area contributed by atoms with Gasteiger partial charge in [0.1, 0.15) is 5.75 Å². The number of ketones is 1. The second-order valence-corrected chi connectivity index (χ2v) is 5.58. The van der Waals surface area contributed by atoms with Crippen LogP contribution in [0.15, 0.2) is 54.6 Å². The zero-order valence-corrected chi connectivity index (χ0v) is 15.0. The number of carbonyl (C=O) groups excluding carboxylic acids is 2. The molecule has 7 heteroatoms. The summed E-state index contributed by atoms with van der Waals surface area (Å²) in [6, 6.07) is 12.3. The number of carbonyl (C=O) groups is 2. The van der Waals surface area contributed by atoms with Gasteiger partial charge in [0.2, 0.25) is 5.78 Å². The summed E-state index contributed by atoms with van der Waals surface area (Å²) in [5, 5.41) is 10.6. The molecule has 1 atom stereocenters. The molecule has 0 aliphatic heterocycles. The van der Waals surface area contributed by atoms with Gasteiger partial charge in [-0.05, 0) is 61.9 Å². The average Bonchev–Trinajstić information content (AvgIpc) is 2.67. The van der Waals surface area contributed by atoms with E-state index in [1.54, 1.807) is 24.3 Å². The number of Topliss-reactive ketones (excluding diaryl/α,β-unsaturated/α-hetero) is 1. The molecule has 0 aromatic heterocycles. The highest BCUT2D eigenvalue weighted by molar-refractivity contribution is 6.01. The molecule has 7 nitrogen and oxygen atoms in total. The van der Waals surface area contributed by atoms with E-state index in [4.69, 9.17) is 9.47 Å². The van der Waals surface area contributed by atoms with Crippen LogP contribution in [0.1, 0.15) is 29.8 Å². The van der Waals surface area contributed by atoms with E-state index in [1.807, 2.05) is 6.92 Å². The first-order valence-electron chi connectivity index (χ1n) is 8.31. The van der Waals surface area contributed by atoms with Gasteiger partial charge in [-0.25, -0.2) is 4.79 Å². The second-order valence-electron chi connectivity index (χ2n) is 5.58. The lowest BCUT2D eigenvalue weighted by Crippen LogP contribution is -2.23.